The number of ketones is 1. The third-order valence-electron chi connectivity index (χ3n) is 5.68. The Morgan fingerprint density at radius 3 is 2.83 bits per heavy atom. The van der Waals surface area contributed by atoms with Crippen molar-refractivity contribution in [1.29, 1.82) is 5.26 Å². The molecule has 1 aliphatic carbocycles. The Morgan fingerprint density at radius 1 is 1.28 bits per heavy atom. The number of Topliss-reactive ketones (excluding diaryl/α,β-unsaturated/α-hetero) is 1. The summed E-state index contributed by atoms with van der Waals surface area (Å²) >= 11 is 3.42. The zero-order chi connectivity index (χ0) is 20.3. The number of hydrogen-bond acceptors (Lipinski definition) is 6. The highest BCUT2D eigenvalue weighted by molar-refractivity contribution is 9.10. The third kappa shape index (κ3) is 2.28. The minimum atomic E-state index is -1.61. The molecule has 0 radical (unpaired) electrons. The molecule has 3 aliphatic rings. The van der Waals surface area contributed by atoms with Gasteiger partial charge in [-0.2, -0.15) is 5.26 Å². The van der Waals surface area contributed by atoms with Gasteiger partial charge in [0, 0.05) is 34.5 Å². The summed E-state index contributed by atoms with van der Waals surface area (Å²) in [6.07, 6.45) is 2.03. The van der Waals surface area contributed by atoms with Crippen LogP contribution in [0.5, 0.6) is 0 Å². The van der Waals surface area contributed by atoms with Gasteiger partial charge in [0.05, 0.1) is 11.8 Å². The fraction of sp³-hybridized carbons (Fsp3) is 0.190. The van der Waals surface area contributed by atoms with Gasteiger partial charge in [-0.05, 0) is 30.3 Å². The van der Waals surface area contributed by atoms with E-state index in [9.17, 15) is 14.9 Å². The Bertz CT molecular complexity index is 1190. The molecule has 0 saturated heterocycles. The lowest BCUT2D eigenvalue weighted by Crippen LogP contribution is -2.47. The zero-order valence-corrected chi connectivity index (χ0v) is 16.6. The largest absolute Gasteiger partial charge is 0.469 e. The Labute approximate surface area is 173 Å². The molecule has 7 nitrogen and oxygen atoms in total. The molecule has 1 amide bonds. The summed E-state index contributed by atoms with van der Waals surface area (Å²) < 4.78 is 11.9. The second-order valence-electron chi connectivity index (χ2n) is 7.19. The summed E-state index contributed by atoms with van der Waals surface area (Å²) in [5.74, 6) is -0.169. The number of halogens is 1. The number of carbonyl (C=O) groups is 2. The van der Waals surface area contributed by atoms with Gasteiger partial charge in [-0.25, -0.2) is 0 Å². The first-order chi connectivity index (χ1) is 14.0. The van der Waals surface area contributed by atoms with Gasteiger partial charge in [0.2, 0.25) is 11.8 Å². The number of fused-ring (bicyclic) bond motifs is 3. The topological polar surface area (TPSA) is 118 Å². The maximum Gasteiger partial charge on any atom is 0.245 e. The SMILES string of the molecule is N#CC1=C(N)OC2=C(C(=O)C[C@@H](c3ccco3)C2)[C@@]12C(=O)Nc1ccc(Br)cc12. The van der Waals surface area contributed by atoms with Crippen LogP contribution in [0.1, 0.15) is 30.1 Å². The van der Waals surface area contributed by atoms with Gasteiger partial charge >= 0.3 is 0 Å². The summed E-state index contributed by atoms with van der Waals surface area (Å²) in [7, 11) is 0. The van der Waals surface area contributed by atoms with Crippen LogP contribution in [0.3, 0.4) is 0 Å². The lowest BCUT2D eigenvalue weighted by atomic mass is 9.64. The van der Waals surface area contributed by atoms with Crippen molar-refractivity contribution in [1.82, 2.24) is 0 Å². The van der Waals surface area contributed by atoms with E-state index in [1.165, 1.54) is 0 Å². The van der Waals surface area contributed by atoms with Crippen LogP contribution in [0.25, 0.3) is 0 Å². The monoisotopic (exact) mass is 451 g/mol. The highest BCUT2D eigenvalue weighted by Crippen LogP contribution is 2.55. The smallest absolute Gasteiger partial charge is 0.245 e. The summed E-state index contributed by atoms with van der Waals surface area (Å²) in [5, 5.41) is 12.7. The Morgan fingerprint density at radius 2 is 2.10 bits per heavy atom. The summed E-state index contributed by atoms with van der Waals surface area (Å²) in [6.45, 7) is 0. The molecule has 1 aromatic carbocycles. The van der Waals surface area contributed by atoms with E-state index in [4.69, 9.17) is 14.9 Å². The molecule has 2 aromatic rings. The van der Waals surface area contributed by atoms with Gasteiger partial charge < -0.3 is 20.2 Å². The molecular weight excluding hydrogens is 438 g/mol. The molecule has 3 N–H and O–H groups in total. The number of nitriles is 1. The molecule has 8 heteroatoms. The number of furan rings is 1. The van der Waals surface area contributed by atoms with E-state index in [0.717, 1.165) is 0 Å². The minimum Gasteiger partial charge on any atom is -0.469 e. The van der Waals surface area contributed by atoms with E-state index >= 15 is 0 Å². The van der Waals surface area contributed by atoms with Crippen LogP contribution in [0.15, 0.2) is 68.3 Å². The van der Waals surface area contributed by atoms with E-state index < -0.39 is 11.3 Å². The van der Waals surface area contributed by atoms with Crippen molar-refractivity contribution in [2.24, 2.45) is 5.73 Å². The molecule has 1 aromatic heterocycles. The fourth-order valence-corrected chi connectivity index (χ4v) is 4.88. The van der Waals surface area contributed by atoms with Crippen LogP contribution in [0.2, 0.25) is 0 Å². The number of hydrogen-bond donors (Lipinski definition) is 2. The highest BCUT2D eigenvalue weighted by atomic mass is 79.9. The number of allylic oxidation sites excluding steroid dienone is 1. The number of ether oxygens (including phenoxy) is 1. The normalized spacial score (nSPS) is 25.4. The van der Waals surface area contributed by atoms with Gasteiger partial charge in [-0.1, -0.05) is 15.9 Å². The molecule has 1 spiro atoms. The maximum absolute atomic E-state index is 13.4. The fourth-order valence-electron chi connectivity index (χ4n) is 4.52. The molecular formula is C21H14BrN3O4. The Hall–Kier alpha value is -3.31. The quantitative estimate of drug-likeness (QED) is 0.685. The van der Waals surface area contributed by atoms with E-state index in [0.29, 0.717) is 33.7 Å². The molecule has 0 bridgehead atoms. The Balaban J connectivity index is 1.77. The highest BCUT2D eigenvalue weighted by Gasteiger charge is 2.60. The average Bonchev–Trinajstić information content (AvgIpc) is 3.30. The van der Waals surface area contributed by atoms with Crippen LogP contribution in [0.4, 0.5) is 5.69 Å². The first-order valence-corrected chi connectivity index (χ1v) is 9.76. The number of nitrogens with zero attached hydrogens (tertiary/aromatic N) is 1. The number of nitrogens with two attached hydrogens (primary N) is 1. The van der Waals surface area contributed by atoms with Crippen LogP contribution >= 0.6 is 15.9 Å². The number of amides is 1. The van der Waals surface area contributed by atoms with Gasteiger partial charge in [0.15, 0.2) is 5.78 Å². The Kier molecular flexibility index (Phi) is 3.73. The number of nitrogens with one attached hydrogen (secondary N) is 1. The zero-order valence-electron chi connectivity index (χ0n) is 15.0. The number of rotatable bonds is 1. The van der Waals surface area contributed by atoms with Crippen molar-refractivity contribution in [3.8, 4) is 6.07 Å². The van der Waals surface area contributed by atoms with Crippen molar-refractivity contribution in [2.45, 2.75) is 24.2 Å². The van der Waals surface area contributed by atoms with Crippen molar-refractivity contribution < 1.29 is 18.7 Å². The van der Waals surface area contributed by atoms with Crippen LogP contribution in [-0.4, -0.2) is 11.7 Å². The maximum atomic E-state index is 13.4. The molecule has 5 rings (SSSR count). The average molecular weight is 452 g/mol. The van der Waals surface area contributed by atoms with Crippen molar-refractivity contribution in [3.05, 3.63) is 75.2 Å². The van der Waals surface area contributed by atoms with Gasteiger partial charge in [0.25, 0.3) is 0 Å². The molecule has 29 heavy (non-hydrogen) atoms. The lowest BCUT2D eigenvalue weighted by molar-refractivity contribution is -0.123. The predicted molar refractivity (Wildman–Crippen MR) is 105 cm³/mol. The van der Waals surface area contributed by atoms with Crippen LogP contribution in [0, 0.1) is 11.3 Å². The van der Waals surface area contributed by atoms with Crippen molar-refractivity contribution in [3.63, 3.8) is 0 Å². The first-order valence-electron chi connectivity index (χ1n) is 8.96. The van der Waals surface area contributed by atoms with Crippen molar-refractivity contribution >= 4 is 33.3 Å². The number of anilines is 1. The minimum absolute atomic E-state index is 0.0737. The lowest BCUT2D eigenvalue weighted by Gasteiger charge is -2.38. The molecule has 144 valence electrons. The number of benzene rings is 1. The summed E-state index contributed by atoms with van der Waals surface area (Å²) in [4.78, 5) is 26.7. The molecule has 2 aliphatic heterocycles. The summed E-state index contributed by atoms with van der Waals surface area (Å²) in [6, 6.07) is 10.8. The van der Waals surface area contributed by atoms with Gasteiger partial charge in [-0.15, -0.1) is 0 Å². The second-order valence-corrected chi connectivity index (χ2v) is 8.10. The standard InChI is InChI=1S/C21H14BrN3O4/c22-11-3-4-14-12(8-11)21(20(27)25-14)13(9-23)19(24)29-17-7-10(6-15(26)18(17)21)16-2-1-5-28-16/h1-5,8,10H,6-7,24H2,(H,25,27)/t10-,21+/m1/s1. The number of carbonyl (C=O) groups excluding carboxylic acids is 2. The molecule has 0 unspecified atom stereocenters. The van der Waals surface area contributed by atoms with E-state index in [1.54, 1.807) is 36.6 Å². The van der Waals surface area contributed by atoms with E-state index in [1.807, 2.05) is 6.07 Å². The van der Waals surface area contributed by atoms with Gasteiger partial charge in [0.1, 0.15) is 28.6 Å². The summed E-state index contributed by atoms with van der Waals surface area (Å²) in [5.41, 5.74) is 5.63. The van der Waals surface area contributed by atoms with E-state index in [2.05, 4.69) is 21.2 Å². The van der Waals surface area contributed by atoms with E-state index in [-0.39, 0.29) is 35.2 Å². The molecule has 3 heterocycles. The van der Waals surface area contributed by atoms with Crippen LogP contribution < -0.4 is 11.1 Å². The first kappa shape index (κ1) is 17.8. The predicted octanol–water partition coefficient (Wildman–Crippen LogP) is 3.36. The molecule has 0 saturated carbocycles. The van der Waals surface area contributed by atoms with Crippen LogP contribution in [-0.2, 0) is 19.7 Å². The second kappa shape index (κ2) is 6.09. The van der Waals surface area contributed by atoms with Crippen molar-refractivity contribution in [2.75, 3.05) is 5.32 Å². The van der Waals surface area contributed by atoms with Gasteiger partial charge in [-0.3, -0.25) is 9.59 Å². The third-order valence-corrected chi connectivity index (χ3v) is 6.18. The molecule has 0 fully saturated rings. The molecule has 2 atom stereocenters.